The summed E-state index contributed by atoms with van der Waals surface area (Å²) in [6.07, 6.45) is 0. The molecule has 2 aromatic carbocycles. The van der Waals surface area contributed by atoms with E-state index in [9.17, 15) is 0 Å². The topological polar surface area (TPSA) is 26.0 Å². The van der Waals surface area contributed by atoms with E-state index in [0.29, 0.717) is 10.9 Å². The van der Waals surface area contributed by atoms with Crippen molar-refractivity contribution in [2.45, 2.75) is 6.92 Å². The van der Waals surface area contributed by atoms with Crippen LogP contribution in [0.15, 0.2) is 45.3 Å². The van der Waals surface area contributed by atoms with Crippen molar-refractivity contribution >= 4 is 38.6 Å². The zero-order chi connectivity index (χ0) is 12.7. The number of rotatable bonds is 1. The van der Waals surface area contributed by atoms with Crippen molar-refractivity contribution in [2.24, 2.45) is 0 Å². The first-order chi connectivity index (χ1) is 8.65. The molecule has 0 radical (unpaired) electrons. The predicted molar refractivity (Wildman–Crippen MR) is 76.9 cm³/mol. The van der Waals surface area contributed by atoms with E-state index >= 15 is 0 Å². The Morgan fingerprint density at radius 1 is 1.22 bits per heavy atom. The van der Waals surface area contributed by atoms with Crippen LogP contribution in [0.3, 0.4) is 0 Å². The lowest BCUT2D eigenvalue weighted by Crippen LogP contribution is -1.82. The van der Waals surface area contributed by atoms with Gasteiger partial charge in [-0.15, -0.1) is 0 Å². The molecule has 0 atom stereocenters. The number of halogens is 2. The largest absolute Gasteiger partial charge is 0.436 e. The molecule has 0 saturated heterocycles. The Hall–Kier alpha value is -1.32. The van der Waals surface area contributed by atoms with Gasteiger partial charge in [-0.25, -0.2) is 4.98 Å². The zero-order valence-electron chi connectivity index (χ0n) is 9.58. The minimum atomic E-state index is 0.553. The third kappa shape index (κ3) is 1.93. The van der Waals surface area contributed by atoms with Crippen LogP contribution in [0.1, 0.15) is 5.56 Å². The summed E-state index contributed by atoms with van der Waals surface area (Å²) < 4.78 is 6.71. The third-order valence-electron chi connectivity index (χ3n) is 2.77. The monoisotopic (exact) mass is 321 g/mol. The Balaban J connectivity index is 2.22. The lowest BCUT2D eigenvalue weighted by molar-refractivity contribution is 0.620. The Morgan fingerprint density at radius 3 is 2.89 bits per heavy atom. The van der Waals surface area contributed by atoms with Crippen molar-refractivity contribution in [2.75, 3.05) is 0 Å². The van der Waals surface area contributed by atoms with Crippen LogP contribution in [0.5, 0.6) is 0 Å². The SMILES string of the molecule is Cc1cccc(-c2nc3cc(Br)ccc3o2)c1Cl. The van der Waals surface area contributed by atoms with Gasteiger partial charge in [0.05, 0.1) is 10.6 Å². The highest BCUT2D eigenvalue weighted by Crippen LogP contribution is 2.32. The Bertz CT molecular complexity index is 736. The fourth-order valence-corrected chi connectivity index (χ4v) is 2.38. The van der Waals surface area contributed by atoms with Crippen molar-refractivity contribution in [3.05, 3.63) is 51.5 Å². The summed E-state index contributed by atoms with van der Waals surface area (Å²) in [6.45, 7) is 1.96. The number of nitrogens with zero attached hydrogens (tertiary/aromatic N) is 1. The first-order valence-corrected chi connectivity index (χ1v) is 6.64. The Morgan fingerprint density at radius 2 is 2.06 bits per heavy atom. The minimum absolute atomic E-state index is 0.553. The van der Waals surface area contributed by atoms with Crippen molar-refractivity contribution < 1.29 is 4.42 Å². The van der Waals surface area contributed by atoms with E-state index in [0.717, 1.165) is 26.7 Å². The molecule has 0 fully saturated rings. The molecule has 0 amide bonds. The van der Waals surface area contributed by atoms with E-state index in [2.05, 4.69) is 20.9 Å². The fourth-order valence-electron chi connectivity index (χ4n) is 1.83. The molecule has 0 aliphatic carbocycles. The number of hydrogen-bond donors (Lipinski definition) is 0. The zero-order valence-corrected chi connectivity index (χ0v) is 11.9. The molecule has 3 aromatic rings. The number of aryl methyl sites for hydroxylation is 1. The molecule has 1 aromatic heterocycles. The molecule has 0 spiro atoms. The van der Waals surface area contributed by atoms with Crippen LogP contribution in [-0.2, 0) is 0 Å². The fraction of sp³-hybridized carbons (Fsp3) is 0.0714. The van der Waals surface area contributed by atoms with Gasteiger partial charge in [0, 0.05) is 4.47 Å². The van der Waals surface area contributed by atoms with Crippen LogP contribution in [0.25, 0.3) is 22.6 Å². The smallest absolute Gasteiger partial charge is 0.228 e. The summed E-state index contributed by atoms with van der Waals surface area (Å²) in [7, 11) is 0. The number of hydrogen-bond acceptors (Lipinski definition) is 2. The molecule has 0 aliphatic heterocycles. The summed E-state index contributed by atoms with van der Waals surface area (Å²) in [5.41, 5.74) is 3.41. The first kappa shape index (κ1) is 11.8. The number of fused-ring (bicyclic) bond motifs is 1. The molecular weight excluding hydrogens is 314 g/mol. The van der Waals surface area contributed by atoms with Crippen LogP contribution in [-0.4, -0.2) is 4.98 Å². The van der Waals surface area contributed by atoms with Gasteiger partial charge in [-0.1, -0.05) is 39.7 Å². The standard InChI is InChI=1S/C14H9BrClNO/c1-8-3-2-4-10(13(8)16)14-17-11-7-9(15)5-6-12(11)18-14/h2-7H,1H3. The molecule has 1 heterocycles. The summed E-state index contributed by atoms with van der Waals surface area (Å²) in [5, 5.41) is 0.683. The molecule has 4 heteroatoms. The van der Waals surface area contributed by atoms with Gasteiger partial charge in [0.2, 0.25) is 5.89 Å². The molecular formula is C14H9BrClNO. The van der Waals surface area contributed by atoms with Crippen LogP contribution < -0.4 is 0 Å². The molecule has 18 heavy (non-hydrogen) atoms. The van der Waals surface area contributed by atoms with E-state index in [1.165, 1.54) is 0 Å². The normalized spacial score (nSPS) is 11.1. The average molecular weight is 323 g/mol. The molecule has 0 unspecified atom stereocenters. The molecule has 0 N–H and O–H groups in total. The third-order valence-corrected chi connectivity index (χ3v) is 3.77. The molecule has 2 nitrogen and oxygen atoms in total. The van der Waals surface area contributed by atoms with Crippen molar-refractivity contribution in [1.82, 2.24) is 4.98 Å². The lowest BCUT2D eigenvalue weighted by Gasteiger charge is -2.01. The van der Waals surface area contributed by atoms with Gasteiger partial charge in [0.1, 0.15) is 5.52 Å². The van der Waals surface area contributed by atoms with Crippen molar-refractivity contribution in [1.29, 1.82) is 0 Å². The van der Waals surface area contributed by atoms with Gasteiger partial charge >= 0.3 is 0 Å². The first-order valence-electron chi connectivity index (χ1n) is 5.47. The summed E-state index contributed by atoms with van der Waals surface area (Å²) in [4.78, 5) is 4.46. The lowest BCUT2D eigenvalue weighted by atomic mass is 10.1. The second-order valence-electron chi connectivity index (χ2n) is 4.07. The number of aromatic nitrogens is 1. The van der Waals surface area contributed by atoms with E-state index in [-0.39, 0.29) is 0 Å². The second kappa shape index (κ2) is 4.41. The van der Waals surface area contributed by atoms with Gasteiger partial charge in [0.25, 0.3) is 0 Å². The average Bonchev–Trinajstić information content (AvgIpc) is 2.75. The summed E-state index contributed by atoms with van der Waals surface area (Å²) in [6, 6.07) is 11.6. The van der Waals surface area contributed by atoms with Crippen molar-refractivity contribution in [3.8, 4) is 11.5 Å². The van der Waals surface area contributed by atoms with Crippen molar-refractivity contribution in [3.63, 3.8) is 0 Å². The van der Waals surface area contributed by atoms with Crippen LogP contribution in [0, 0.1) is 6.92 Å². The van der Waals surface area contributed by atoms with Crippen LogP contribution in [0.4, 0.5) is 0 Å². The van der Waals surface area contributed by atoms with E-state index in [4.69, 9.17) is 16.0 Å². The van der Waals surface area contributed by atoms with Gasteiger partial charge in [0.15, 0.2) is 5.58 Å². The maximum Gasteiger partial charge on any atom is 0.228 e. The Kier molecular flexibility index (Phi) is 2.88. The highest BCUT2D eigenvalue weighted by Gasteiger charge is 2.12. The molecule has 0 aliphatic rings. The summed E-state index contributed by atoms with van der Waals surface area (Å²) in [5.74, 6) is 0.553. The highest BCUT2D eigenvalue weighted by atomic mass is 79.9. The number of oxazole rings is 1. The maximum absolute atomic E-state index is 6.28. The van der Waals surface area contributed by atoms with Gasteiger partial charge in [-0.05, 0) is 36.8 Å². The Labute approximate surface area is 118 Å². The van der Waals surface area contributed by atoms with Crippen LogP contribution >= 0.6 is 27.5 Å². The highest BCUT2D eigenvalue weighted by molar-refractivity contribution is 9.10. The van der Waals surface area contributed by atoms with Gasteiger partial charge < -0.3 is 4.42 Å². The maximum atomic E-state index is 6.28. The quantitative estimate of drug-likeness (QED) is 0.614. The number of benzene rings is 2. The van der Waals surface area contributed by atoms with E-state index in [1.54, 1.807) is 0 Å². The summed E-state index contributed by atoms with van der Waals surface area (Å²) >= 11 is 9.69. The van der Waals surface area contributed by atoms with E-state index in [1.807, 2.05) is 43.3 Å². The predicted octanol–water partition coefficient (Wildman–Crippen LogP) is 5.22. The minimum Gasteiger partial charge on any atom is -0.436 e. The molecule has 0 saturated carbocycles. The van der Waals surface area contributed by atoms with Gasteiger partial charge in [-0.2, -0.15) is 0 Å². The molecule has 0 bridgehead atoms. The molecule has 90 valence electrons. The second-order valence-corrected chi connectivity index (χ2v) is 5.36. The molecule has 3 rings (SSSR count). The van der Waals surface area contributed by atoms with Crippen LogP contribution in [0.2, 0.25) is 5.02 Å². The van der Waals surface area contributed by atoms with Gasteiger partial charge in [-0.3, -0.25) is 0 Å². The van der Waals surface area contributed by atoms with E-state index < -0.39 is 0 Å².